The number of amides is 1. The van der Waals surface area contributed by atoms with E-state index in [1.807, 2.05) is 0 Å². The molecular formula is C16H9NO4. The Balaban J connectivity index is 1.90. The summed E-state index contributed by atoms with van der Waals surface area (Å²) in [5.41, 5.74) is 1.37. The summed E-state index contributed by atoms with van der Waals surface area (Å²) in [6.07, 6.45) is 0. The molecule has 102 valence electrons. The summed E-state index contributed by atoms with van der Waals surface area (Å²) >= 11 is 0. The number of para-hydroxylation sites is 2. The quantitative estimate of drug-likeness (QED) is 0.454. The summed E-state index contributed by atoms with van der Waals surface area (Å²) in [4.78, 5) is 37.7. The molecule has 0 saturated heterocycles. The van der Waals surface area contributed by atoms with Crippen molar-refractivity contribution < 1.29 is 19.1 Å². The van der Waals surface area contributed by atoms with Gasteiger partial charge in [-0.2, -0.15) is 0 Å². The minimum absolute atomic E-state index is 0.319. The van der Waals surface area contributed by atoms with Crippen LogP contribution in [0.5, 0.6) is 5.75 Å². The van der Waals surface area contributed by atoms with Crippen molar-refractivity contribution in [3.63, 3.8) is 0 Å². The Morgan fingerprint density at radius 1 is 0.905 bits per heavy atom. The van der Waals surface area contributed by atoms with Crippen molar-refractivity contribution in [1.82, 2.24) is 0 Å². The van der Waals surface area contributed by atoms with Crippen molar-refractivity contribution in [1.29, 1.82) is 0 Å². The predicted octanol–water partition coefficient (Wildman–Crippen LogP) is 1.88. The van der Waals surface area contributed by atoms with E-state index in [1.54, 1.807) is 48.5 Å². The van der Waals surface area contributed by atoms with Crippen molar-refractivity contribution in [3.8, 4) is 5.75 Å². The van der Waals surface area contributed by atoms with Gasteiger partial charge in [-0.25, -0.2) is 4.79 Å². The standard InChI is InChI=1S/C16H9NO4/c18-14-9-5-1-3-7-11(9)17(15(14)19)13-10-6-2-4-8-12(10)21-16(13)20/h1-8,13H. The van der Waals surface area contributed by atoms with Crippen LogP contribution in [0, 0.1) is 0 Å². The van der Waals surface area contributed by atoms with Gasteiger partial charge in [0.15, 0.2) is 6.04 Å². The van der Waals surface area contributed by atoms with Crippen LogP contribution >= 0.6 is 0 Å². The molecule has 2 heterocycles. The van der Waals surface area contributed by atoms with Crippen molar-refractivity contribution in [2.24, 2.45) is 0 Å². The number of esters is 1. The van der Waals surface area contributed by atoms with E-state index in [0.29, 0.717) is 22.6 Å². The largest absolute Gasteiger partial charge is 0.424 e. The van der Waals surface area contributed by atoms with Gasteiger partial charge in [0.05, 0.1) is 11.3 Å². The van der Waals surface area contributed by atoms with E-state index in [2.05, 4.69) is 0 Å². The summed E-state index contributed by atoms with van der Waals surface area (Å²) in [6.45, 7) is 0. The lowest BCUT2D eigenvalue weighted by atomic mass is 10.1. The highest BCUT2D eigenvalue weighted by atomic mass is 16.5. The van der Waals surface area contributed by atoms with Gasteiger partial charge >= 0.3 is 11.9 Å². The van der Waals surface area contributed by atoms with E-state index < -0.39 is 23.7 Å². The molecule has 1 amide bonds. The summed E-state index contributed by atoms with van der Waals surface area (Å²) < 4.78 is 5.19. The molecule has 0 saturated carbocycles. The number of nitrogens with zero attached hydrogens (tertiary/aromatic N) is 1. The molecular weight excluding hydrogens is 270 g/mol. The van der Waals surface area contributed by atoms with Gasteiger partial charge in [-0.15, -0.1) is 0 Å². The molecule has 0 spiro atoms. The molecule has 0 N–H and O–H groups in total. The number of hydrogen-bond donors (Lipinski definition) is 0. The highest BCUT2D eigenvalue weighted by Gasteiger charge is 2.47. The first-order valence-corrected chi connectivity index (χ1v) is 6.46. The van der Waals surface area contributed by atoms with E-state index in [0.717, 1.165) is 0 Å². The number of rotatable bonds is 1. The SMILES string of the molecule is O=C1C(=O)N(C2C(=O)Oc3ccccc32)c2ccccc21. The van der Waals surface area contributed by atoms with Crippen LogP contribution in [0.3, 0.4) is 0 Å². The first kappa shape index (κ1) is 11.8. The molecule has 0 bridgehead atoms. The van der Waals surface area contributed by atoms with Gasteiger partial charge in [0.1, 0.15) is 5.75 Å². The van der Waals surface area contributed by atoms with E-state index >= 15 is 0 Å². The second-order valence-electron chi connectivity index (χ2n) is 4.88. The van der Waals surface area contributed by atoms with E-state index in [9.17, 15) is 14.4 Å². The van der Waals surface area contributed by atoms with Gasteiger partial charge < -0.3 is 4.74 Å². The molecule has 2 aliphatic rings. The van der Waals surface area contributed by atoms with Crippen LogP contribution in [0.15, 0.2) is 48.5 Å². The zero-order valence-corrected chi connectivity index (χ0v) is 10.8. The average molecular weight is 279 g/mol. The molecule has 0 aromatic heterocycles. The Morgan fingerprint density at radius 3 is 2.48 bits per heavy atom. The fraction of sp³-hybridized carbons (Fsp3) is 0.0625. The Morgan fingerprint density at radius 2 is 1.62 bits per heavy atom. The number of carbonyl (C=O) groups is 3. The third kappa shape index (κ3) is 1.48. The molecule has 5 heteroatoms. The second kappa shape index (κ2) is 4.02. The molecule has 2 aromatic rings. The van der Waals surface area contributed by atoms with Crippen LogP contribution < -0.4 is 9.64 Å². The van der Waals surface area contributed by atoms with Crippen LogP contribution in [0.4, 0.5) is 5.69 Å². The van der Waals surface area contributed by atoms with Gasteiger partial charge in [0.2, 0.25) is 0 Å². The number of hydrogen-bond acceptors (Lipinski definition) is 4. The van der Waals surface area contributed by atoms with Gasteiger partial charge in [-0.05, 0) is 18.2 Å². The minimum Gasteiger partial charge on any atom is -0.424 e. The maximum atomic E-state index is 12.3. The Kier molecular flexibility index (Phi) is 2.27. The number of Topliss-reactive ketones (excluding diaryl/α,β-unsaturated/α-hetero) is 1. The second-order valence-corrected chi connectivity index (χ2v) is 4.88. The van der Waals surface area contributed by atoms with E-state index in [1.165, 1.54) is 4.90 Å². The fourth-order valence-corrected chi connectivity index (χ4v) is 2.80. The van der Waals surface area contributed by atoms with Crippen molar-refractivity contribution in [2.75, 3.05) is 4.90 Å². The Bertz CT molecular complexity index is 811. The topological polar surface area (TPSA) is 63.7 Å². The van der Waals surface area contributed by atoms with Gasteiger partial charge in [-0.3, -0.25) is 14.5 Å². The molecule has 5 nitrogen and oxygen atoms in total. The van der Waals surface area contributed by atoms with Crippen LogP contribution in [0.2, 0.25) is 0 Å². The molecule has 4 rings (SSSR count). The third-order valence-electron chi connectivity index (χ3n) is 3.73. The van der Waals surface area contributed by atoms with Crippen molar-refractivity contribution in [3.05, 3.63) is 59.7 Å². The van der Waals surface area contributed by atoms with Gasteiger partial charge in [0, 0.05) is 5.56 Å². The molecule has 0 radical (unpaired) electrons. The normalized spacial score (nSPS) is 19.5. The maximum Gasteiger partial charge on any atom is 0.339 e. The summed E-state index contributed by atoms with van der Waals surface area (Å²) in [5, 5.41) is 0. The van der Waals surface area contributed by atoms with E-state index in [-0.39, 0.29) is 0 Å². The molecule has 2 aliphatic heterocycles. The monoisotopic (exact) mass is 279 g/mol. The number of anilines is 1. The zero-order valence-electron chi connectivity index (χ0n) is 10.8. The first-order valence-electron chi connectivity index (χ1n) is 6.46. The number of carbonyl (C=O) groups excluding carboxylic acids is 3. The minimum atomic E-state index is -0.902. The first-order chi connectivity index (χ1) is 10.2. The lowest BCUT2D eigenvalue weighted by Crippen LogP contribution is -2.37. The maximum absolute atomic E-state index is 12.3. The Hall–Kier alpha value is -2.95. The van der Waals surface area contributed by atoms with Gasteiger partial charge in [-0.1, -0.05) is 30.3 Å². The van der Waals surface area contributed by atoms with Crippen molar-refractivity contribution >= 4 is 23.3 Å². The highest BCUT2D eigenvalue weighted by molar-refractivity contribution is 6.52. The molecule has 2 aromatic carbocycles. The molecule has 1 atom stereocenters. The van der Waals surface area contributed by atoms with Crippen molar-refractivity contribution in [2.45, 2.75) is 6.04 Å². The fourth-order valence-electron chi connectivity index (χ4n) is 2.80. The summed E-state index contributed by atoms with van der Waals surface area (Å²) in [7, 11) is 0. The lowest BCUT2D eigenvalue weighted by molar-refractivity contribution is -0.135. The highest BCUT2D eigenvalue weighted by Crippen LogP contribution is 2.42. The summed E-state index contributed by atoms with van der Waals surface area (Å²) in [6, 6.07) is 12.7. The Labute approximate surface area is 119 Å². The number of fused-ring (bicyclic) bond motifs is 2. The zero-order chi connectivity index (χ0) is 14.6. The van der Waals surface area contributed by atoms with E-state index in [4.69, 9.17) is 4.74 Å². The summed E-state index contributed by atoms with van der Waals surface area (Å²) in [5.74, 6) is -1.41. The molecule has 21 heavy (non-hydrogen) atoms. The molecule has 0 fully saturated rings. The lowest BCUT2D eigenvalue weighted by Gasteiger charge is -2.21. The van der Waals surface area contributed by atoms with Crippen LogP contribution in [0.25, 0.3) is 0 Å². The third-order valence-corrected chi connectivity index (χ3v) is 3.73. The van der Waals surface area contributed by atoms with Crippen LogP contribution in [-0.2, 0) is 9.59 Å². The number of benzene rings is 2. The van der Waals surface area contributed by atoms with Crippen LogP contribution in [-0.4, -0.2) is 17.7 Å². The number of ether oxygens (including phenoxy) is 1. The number of ketones is 1. The molecule has 0 aliphatic carbocycles. The van der Waals surface area contributed by atoms with Gasteiger partial charge in [0.25, 0.3) is 5.78 Å². The van der Waals surface area contributed by atoms with Crippen LogP contribution in [0.1, 0.15) is 22.0 Å². The molecule has 1 unspecified atom stereocenters. The average Bonchev–Trinajstić information content (AvgIpc) is 2.95. The predicted molar refractivity (Wildman–Crippen MR) is 73.1 cm³/mol. The smallest absolute Gasteiger partial charge is 0.339 e.